The molecule has 0 spiro atoms. The topological polar surface area (TPSA) is 69.4 Å². The molecule has 4 aromatic rings. The fraction of sp³-hybridized carbons (Fsp3) is 0.0588. The fourth-order valence-electron chi connectivity index (χ4n) is 2.72. The molecule has 0 unspecified atom stereocenters. The Morgan fingerprint density at radius 2 is 1.83 bits per heavy atom. The molecule has 0 fully saturated rings. The molecular formula is C17H11ClN3O3-. The largest absolute Gasteiger partial charge is 1.00 e. The summed E-state index contributed by atoms with van der Waals surface area (Å²) in [7, 11) is 0. The van der Waals surface area contributed by atoms with Crippen LogP contribution < -0.4 is 27.2 Å². The third-order valence-corrected chi connectivity index (χ3v) is 3.79. The van der Waals surface area contributed by atoms with Crippen molar-refractivity contribution in [3.8, 4) is 11.5 Å². The number of para-hydroxylation sites is 1. The zero-order valence-corrected chi connectivity index (χ0v) is 13.1. The van der Waals surface area contributed by atoms with Crippen LogP contribution in [0.4, 0.5) is 11.5 Å². The highest BCUT2D eigenvalue weighted by atomic mass is 35.5. The summed E-state index contributed by atoms with van der Waals surface area (Å²) in [6.45, 7) is 0.250. The van der Waals surface area contributed by atoms with E-state index in [1.807, 2.05) is 42.5 Å². The Bertz CT molecular complexity index is 1050. The predicted molar refractivity (Wildman–Crippen MR) is 85.2 cm³/mol. The zero-order valence-electron chi connectivity index (χ0n) is 12.3. The fourth-order valence-corrected chi connectivity index (χ4v) is 2.72. The maximum absolute atomic E-state index is 5.90. The Balaban J connectivity index is 0.00000146. The lowest BCUT2D eigenvalue weighted by atomic mass is 10.2. The molecule has 0 saturated heterocycles. The monoisotopic (exact) mass is 340 g/mol. The second-order valence-electron chi connectivity index (χ2n) is 5.19. The van der Waals surface area contributed by atoms with Crippen LogP contribution in [-0.4, -0.2) is 16.8 Å². The van der Waals surface area contributed by atoms with Crippen molar-refractivity contribution in [3.63, 3.8) is 0 Å². The summed E-state index contributed by atoms with van der Waals surface area (Å²) in [6.07, 6.45) is 1.53. The zero-order chi connectivity index (χ0) is 15.2. The third kappa shape index (κ3) is 2.19. The maximum Gasteiger partial charge on any atom is 0.231 e. The van der Waals surface area contributed by atoms with Gasteiger partial charge in [0.2, 0.25) is 6.79 Å². The molecule has 0 radical (unpaired) electrons. The van der Waals surface area contributed by atoms with Gasteiger partial charge in [-0.05, 0) is 24.3 Å². The van der Waals surface area contributed by atoms with Crippen molar-refractivity contribution in [1.29, 1.82) is 0 Å². The Kier molecular flexibility index (Phi) is 3.39. The normalized spacial score (nSPS) is 12.3. The van der Waals surface area contributed by atoms with Gasteiger partial charge in [0.1, 0.15) is 17.4 Å². The average molecular weight is 341 g/mol. The van der Waals surface area contributed by atoms with Crippen LogP contribution >= 0.6 is 0 Å². The van der Waals surface area contributed by atoms with Crippen LogP contribution in [0.15, 0.2) is 53.2 Å². The van der Waals surface area contributed by atoms with Crippen molar-refractivity contribution in [2.24, 2.45) is 0 Å². The van der Waals surface area contributed by atoms with Crippen molar-refractivity contribution in [3.05, 3.63) is 48.8 Å². The lowest BCUT2D eigenvalue weighted by molar-refractivity contribution is -0.00000656. The van der Waals surface area contributed by atoms with Gasteiger partial charge in [0.25, 0.3) is 0 Å². The van der Waals surface area contributed by atoms with E-state index in [9.17, 15) is 0 Å². The summed E-state index contributed by atoms with van der Waals surface area (Å²) in [4.78, 5) is 8.64. The lowest BCUT2D eigenvalue weighted by Crippen LogP contribution is -3.00. The molecule has 3 heterocycles. The molecule has 1 aliphatic heterocycles. The van der Waals surface area contributed by atoms with Gasteiger partial charge in [0.15, 0.2) is 22.9 Å². The van der Waals surface area contributed by atoms with Crippen LogP contribution in [0.25, 0.3) is 22.1 Å². The standard InChI is InChI=1S/C17H11N3O3.ClH/c1-2-4-12-11(3-1)15-16(23-12)17(19-8-18-15)20-10-5-6-13-14(7-10)22-9-21-13;/h1-8H,9H2,(H,18,19,20);1H/p-1. The van der Waals surface area contributed by atoms with E-state index < -0.39 is 0 Å². The van der Waals surface area contributed by atoms with Crippen LogP contribution in [-0.2, 0) is 0 Å². The molecule has 7 heteroatoms. The van der Waals surface area contributed by atoms with E-state index in [2.05, 4.69) is 15.3 Å². The van der Waals surface area contributed by atoms with Gasteiger partial charge in [-0.25, -0.2) is 9.97 Å². The van der Waals surface area contributed by atoms with Gasteiger partial charge in [0.05, 0.1) is 0 Å². The third-order valence-electron chi connectivity index (χ3n) is 3.79. The first-order valence-electron chi connectivity index (χ1n) is 7.17. The number of furan rings is 1. The second kappa shape index (κ2) is 5.58. The molecule has 0 saturated carbocycles. The Morgan fingerprint density at radius 3 is 2.79 bits per heavy atom. The minimum absolute atomic E-state index is 0. The molecule has 6 nitrogen and oxygen atoms in total. The van der Waals surface area contributed by atoms with Crippen LogP contribution in [0.1, 0.15) is 0 Å². The number of fused-ring (bicyclic) bond motifs is 4. The first-order valence-corrected chi connectivity index (χ1v) is 7.17. The average Bonchev–Trinajstić information content (AvgIpc) is 3.19. The molecule has 0 amide bonds. The number of ether oxygens (including phenoxy) is 2. The number of nitrogens with one attached hydrogen (secondary N) is 1. The van der Waals surface area contributed by atoms with Crippen LogP contribution in [0.5, 0.6) is 11.5 Å². The van der Waals surface area contributed by atoms with Crippen molar-refractivity contribution < 1.29 is 26.3 Å². The lowest BCUT2D eigenvalue weighted by Gasteiger charge is -2.06. The van der Waals surface area contributed by atoms with Gasteiger partial charge in [-0.15, -0.1) is 0 Å². The first kappa shape index (κ1) is 14.6. The van der Waals surface area contributed by atoms with E-state index in [4.69, 9.17) is 13.9 Å². The molecule has 0 aliphatic carbocycles. The van der Waals surface area contributed by atoms with Gasteiger partial charge < -0.3 is 31.6 Å². The van der Waals surface area contributed by atoms with E-state index in [1.165, 1.54) is 6.33 Å². The van der Waals surface area contributed by atoms with Crippen molar-refractivity contribution in [1.82, 2.24) is 9.97 Å². The maximum atomic E-state index is 5.90. The molecule has 0 bridgehead atoms. The minimum atomic E-state index is 0. The van der Waals surface area contributed by atoms with Gasteiger partial charge in [-0.2, -0.15) is 0 Å². The molecule has 2 aromatic carbocycles. The number of halogens is 1. The summed E-state index contributed by atoms with van der Waals surface area (Å²) < 4.78 is 16.6. The van der Waals surface area contributed by atoms with Crippen molar-refractivity contribution >= 4 is 33.6 Å². The number of benzene rings is 2. The van der Waals surface area contributed by atoms with E-state index in [0.717, 1.165) is 27.9 Å². The van der Waals surface area contributed by atoms with Crippen LogP contribution in [0.2, 0.25) is 0 Å². The van der Waals surface area contributed by atoms with Gasteiger partial charge in [0, 0.05) is 17.1 Å². The number of nitrogens with zero attached hydrogens (tertiary/aromatic N) is 2. The molecule has 24 heavy (non-hydrogen) atoms. The van der Waals surface area contributed by atoms with Crippen LogP contribution in [0.3, 0.4) is 0 Å². The molecule has 0 atom stereocenters. The number of aromatic nitrogens is 2. The quantitative estimate of drug-likeness (QED) is 0.583. The molecular weight excluding hydrogens is 330 g/mol. The minimum Gasteiger partial charge on any atom is -1.00 e. The van der Waals surface area contributed by atoms with Gasteiger partial charge in [-0.1, -0.05) is 12.1 Å². The summed E-state index contributed by atoms with van der Waals surface area (Å²) >= 11 is 0. The number of hydrogen-bond donors (Lipinski definition) is 1. The van der Waals surface area contributed by atoms with E-state index >= 15 is 0 Å². The number of anilines is 2. The van der Waals surface area contributed by atoms with E-state index in [1.54, 1.807) is 0 Å². The predicted octanol–water partition coefficient (Wildman–Crippen LogP) is 0.852. The molecule has 2 aromatic heterocycles. The van der Waals surface area contributed by atoms with E-state index in [-0.39, 0.29) is 19.2 Å². The summed E-state index contributed by atoms with van der Waals surface area (Å²) in [5.74, 6) is 2.07. The first-order chi connectivity index (χ1) is 11.4. The highest BCUT2D eigenvalue weighted by Crippen LogP contribution is 2.36. The Labute approximate surface area is 142 Å². The SMILES string of the molecule is [Cl-].c1ccc2c(c1)oc1c(Nc3ccc4c(c3)OCO4)ncnc12. The van der Waals surface area contributed by atoms with Crippen LogP contribution in [0, 0.1) is 0 Å². The second-order valence-corrected chi connectivity index (χ2v) is 5.19. The highest BCUT2D eigenvalue weighted by molar-refractivity contribution is 6.05. The van der Waals surface area contributed by atoms with Gasteiger partial charge in [-0.3, -0.25) is 0 Å². The van der Waals surface area contributed by atoms with Crippen molar-refractivity contribution in [2.45, 2.75) is 0 Å². The smallest absolute Gasteiger partial charge is 0.231 e. The van der Waals surface area contributed by atoms with E-state index in [0.29, 0.717) is 17.2 Å². The summed E-state index contributed by atoms with van der Waals surface area (Å²) in [6, 6.07) is 13.4. The highest BCUT2D eigenvalue weighted by Gasteiger charge is 2.16. The summed E-state index contributed by atoms with van der Waals surface area (Å²) in [5, 5.41) is 4.23. The van der Waals surface area contributed by atoms with Gasteiger partial charge >= 0.3 is 0 Å². The molecule has 1 aliphatic rings. The molecule has 120 valence electrons. The Hall–Kier alpha value is -2.99. The number of rotatable bonds is 2. The molecule has 5 rings (SSSR count). The molecule has 1 N–H and O–H groups in total. The van der Waals surface area contributed by atoms with Crippen molar-refractivity contribution in [2.75, 3.05) is 12.1 Å². The number of hydrogen-bond acceptors (Lipinski definition) is 6. The summed E-state index contributed by atoms with van der Waals surface area (Å²) in [5.41, 5.74) is 3.05. The Morgan fingerprint density at radius 1 is 0.958 bits per heavy atom.